The van der Waals surface area contributed by atoms with E-state index in [0.717, 1.165) is 6.54 Å². The molecular formula is C14H24N2S. The fourth-order valence-corrected chi connectivity index (χ4v) is 3.24. The van der Waals surface area contributed by atoms with Gasteiger partial charge in [-0.2, -0.15) is 0 Å². The standard InChI is InChI=1S/C14H24N2S/c1-14(2,3)13-6-5-12(17-13)9-15-11-7-8-16(4)10-11/h5-6,11,15H,7-10H2,1-4H3. The second-order valence-electron chi connectivity index (χ2n) is 6.14. The van der Waals surface area contributed by atoms with Gasteiger partial charge in [-0.15, -0.1) is 11.3 Å². The van der Waals surface area contributed by atoms with Crippen molar-refractivity contribution >= 4 is 11.3 Å². The molecule has 1 aliphatic heterocycles. The van der Waals surface area contributed by atoms with Crippen molar-refractivity contribution in [3.8, 4) is 0 Å². The topological polar surface area (TPSA) is 15.3 Å². The van der Waals surface area contributed by atoms with Crippen LogP contribution in [0.2, 0.25) is 0 Å². The molecule has 3 heteroatoms. The smallest absolute Gasteiger partial charge is 0.0302 e. The molecule has 2 heterocycles. The molecule has 1 atom stereocenters. The molecule has 1 aromatic heterocycles. The van der Waals surface area contributed by atoms with Gasteiger partial charge in [0.2, 0.25) is 0 Å². The number of hydrogen-bond donors (Lipinski definition) is 1. The molecule has 0 bridgehead atoms. The van der Waals surface area contributed by atoms with Gasteiger partial charge in [-0.25, -0.2) is 0 Å². The van der Waals surface area contributed by atoms with Gasteiger partial charge in [-0.3, -0.25) is 0 Å². The Morgan fingerprint density at radius 3 is 2.71 bits per heavy atom. The summed E-state index contributed by atoms with van der Waals surface area (Å²) in [6.45, 7) is 10.3. The highest BCUT2D eigenvalue weighted by Crippen LogP contribution is 2.29. The molecule has 1 aromatic rings. The van der Waals surface area contributed by atoms with Gasteiger partial charge in [0.05, 0.1) is 0 Å². The molecule has 1 N–H and O–H groups in total. The molecule has 1 fully saturated rings. The van der Waals surface area contributed by atoms with Crippen molar-refractivity contribution in [2.24, 2.45) is 0 Å². The summed E-state index contributed by atoms with van der Waals surface area (Å²) >= 11 is 1.95. The quantitative estimate of drug-likeness (QED) is 0.890. The maximum atomic E-state index is 3.66. The molecule has 0 radical (unpaired) electrons. The highest BCUT2D eigenvalue weighted by molar-refractivity contribution is 7.12. The average molecular weight is 252 g/mol. The minimum atomic E-state index is 0.288. The molecule has 96 valence electrons. The van der Waals surface area contributed by atoms with E-state index in [1.54, 1.807) is 0 Å². The van der Waals surface area contributed by atoms with E-state index in [4.69, 9.17) is 0 Å². The molecule has 2 rings (SSSR count). The lowest BCUT2D eigenvalue weighted by Gasteiger charge is -2.15. The van der Waals surface area contributed by atoms with E-state index in [1.165, 1.54) is 29.3 Å². The van der Waals surface area contributed by atoms with Crippen LogP contribution < -0.4 is 5.32 Å². The Kier molecular flexibility index (Phi) is 3.91. The van der Waals surface area contributed by atoms with Crippen LogP contribution in [0, 0.1) is 0 Å². The predicted octanol–water partition coefficient (Wildman–Crippen LogP) is 2.84. The Labute approximate surface area is 109 Å². The second kappa shape index (κ2) is 5.09. The number of likely N-dealkylation sites (tertiary alicyclic amines) is 1. The van der Waals surface area contributed by atoms with Crippen LogP contribution in [0.25, 0.3) is 0 Å². The number of rotatable bonds is 3. The first-order chi connectivity index (χ1) is 7.95. The van der Waals surface area contributed by atoms with E-state index in [9.17, 15) is 0 Å². The lowest BCUT2D eigenvalue weighted by Crippen LogP contribution is -2.30. The van der Waals surface area contributed by atoms with Gasteiger partial charge < -0.3 is 10.2 Å². The summed E-state index contributed by atoms with van der Waals surface area (Å²) in [6.07, 6.45) is 1.29. The minimum Gasteiger partial charge on any atom is -0.308 e. The van der Waals surface area contributed by atoms with Gasteiger partial charge in [-0.05, 0) is 37.6 Å². The normalized spacial score (nSPS) is 22.2. The van der Waals surface area contributed by atoms with Crippen molar-refractivity contribution in [1.82, 2.24) is 10.2 Å². The molecule has 0 aromatic carbocycles. The van der Waals surface area contributed by atoms with Gasteiger partial charge in [0, 0.05) is 28.9 Å². The molecule has 17 heavy (non-hydrogen) atoms. The molecule has 1 saturated heterocycles. The Morgan fingerprint density at radius 1 is 1.41 bits per heavy atom. The number of thiophene rings is 1. The van der Waals surface area contributed by atoms with Gasteiger partial charge in [0.1, 0.15) is 0 Å². The first kappa shape index (κ1) is 13.1. The third-order valence-electron chi connectivity index (χ3n) is 3.36. The fourth-order valence-electron chi connectivity index (χ4n) is 2.22. The molecule has 2 nitrogen and oxygen atoms in total. The fraction of sp³-hybridized carbons (Fsp3) is 0.714. The Balaban J connectivity index is 1.85. The molecule has 0 aliphatic carbocycles. The largest absolute Gasteiger partial charge is 0.308 e. The van der Waals surface area contributed by atoms with E-state index in [0.29, 0.717) is 6.04 Å². The summed E-state index contributed by atoms with van der Waals surface area (Å²) in [6, 6.07) is 5.24. The number of nitrogens with zero attached hydrogens (tertiary/aromatic N) is 1. The predicted molar refractivity (Wildman–Crippen MR) is 75.8 cm³/mol. The van der Waals surface area contributed by atoms with Crippen molar-refractivity contribution in [2.45, 2.75) is 45.2 Å². The Morgan fingerprint density at radius 2 is 2.18 bits per heavy atom. The lowest BCUT2D eigenvalue weighted by atomic mass is 9.95. The zero-order valence-electron chi connectivity index (χ0n) is 11.4. The minimum absolute atomic E-state index is 0.288. The maximum absolute atomic E-state index is 3.66. The molecule has 1 aliphatic rings. The highest BCUT2D eigenvalue weighted by Gasteiger charge is 2.19. The van der Waals surface area contributed by atoms with Crippen LogP contribution in [-0.4, -0.2) is 31.1 Å². The third kappa shape index (κ3) is 3.54. The molecule has 0 spiro atoms. The van der Waals surface area contributed by atoms with Crippen LogP contribution in [0.5, 0.6) is 0 Å². The number of likely N-dealkylation sites (N-methyl/N-ethyl adjacent to an activating group) is 1. The number of hydrogen-bond acceptors (Lipinski definition) is 3. The Hall–Kier alpha value is -0.380. The van der Waals surface area contributed by atoms with E-state index >= 15 is 0 Å². The molecule has 0 saturated carbocycles. The van der Waals surface area contributed by atoms with Crippen molar-refractivity contribution in [2.75, 3.05) is 20.1 Å². The van der Waals surface area contributed by atoms with Gasteiger partial charge in [-0.1, -0.05) is 20.8 Å². The van der Waals surface area contributed by atoms with E-state index in [1.807, 2.05) is 11.3 Å². The van der Waals surface area contributed by atoms with Crippen molar-refractivity contribution < 1.29 is 0 Å². The SMILES string of the molecule is CN1CCC(NCc2ccc(C(C)(C)C)s2)C1. The summed E-state index contributed by atoms with van der Waals surface area (Å²) < 4.78 is 0. The maximum Gasteiger partial charge on any atom is 0.0302 e. The zero-order valence-corrected chi connectivity index (χ0v) is 12.2. The van der Waals surface area contributed by atoms with Crippen molar-refractivity contribution in [3.63, 3.8) is 0 Å². The summed E-state index contributed by atoms with van der Waals surface area (Å²) in [5.74, 6) is 0. The summed E-state index contributed by atoms with van der Waals surface area (Å²) in [5, 5.41) is 3.66. The zero-order chi connectivity index (χ0) is 12.5. The Bertz CT molecular complexity index is 365. The second-order valence-corrected chi connectivity index (χ2v) is 7.31. The van der Waals surface area contributed by atoms with E-state index in [2.05, 4.69) is 50.2 Å². The molecular weight excluding hydrogens is 228 g/mol. The van der Waals surface area contributed by atoms with Crippen LogP contribution >= 0.6 is 11.3 Å². The summed E-state index contributed by atoms with van der Waals surface area (Å²) in [7, 11) is 2.20. The lowest BCUT2D eigenvalue weighted by molar-refractivity contribution is 0.398. The summed E-state index contributed by atoms with van der Waals surface area (Å²) in [5.41, 5.74) is 0.288. The van der Waals surface area contributed by atoms with Crippen molar-refractivity contribution in [3.05, 3.63) is 21.9 Å². The third-order valence-corrected chi connectivity index (χ3v) is 4.87. The first-order valence-corrected chi connectivity index (χ1v) is 7.28. The van der Waals surface area contributed by atoms with Crippen LogP contribution in [0.15, 0.2) is 12.1 Å². The molecule has 0 amide bonds. The average Bonchev–Trinajstić information content (AvgIpc) is 2.82. The first-order valence-electron chi connectivity index (χ1n) is 6.46. The monoisotopic (exact) mass is 252 g/mol. The van der Waals surface area contributed by atoms with E-state index < -0.39 is 0 Å². The van der Waals surface area contributed by atoms with Gasteiger partial charge in [0.25, 0.3) is 0 Å². The van der Waals surface area contributed by atoms with Gasteiger partial charge >= 0.3 is 0 Å². The molecule has 1 unspecified atom stereocenters. The summed E-state index contributed by atoms with van der Waals surface area (Å²) in [4.78, 5) is 5.34. The number of nitrogens with one attached hydrogen (secondary N) is 1. The van der Waals surface area contributed by atoms with Crippen LogP contribution in [0.1, 0.15) is 36.9 Å². The van der Waals surface area contributed by atoms with E-state index in [-0.39, 0.29) is 5.41 Å². The highest BCUT2D eigenvalue weighted by atomic mass is 32.1. The van der Waals surface area contributed by atoms with Crippen LogP contribution in [0.4, 0.5) is 0 Å². The van der Waals surface area contributed by atoms with Crippen LogP contribution in [0.3, 0.4) is 0 Å². The van der Waals surface area contributed by atoms with Crippen molar-refractivity contribution in [1.29, 1.82) is 0 Å². The van der Waals surface area contributed by atoms with Gasteiger partial charge in [0.15, 0.2) is 0 Å². The van der Waals surface area contributed by atoms with Crippen LogP contribution in [-0.2, 0) is 12.0 Å².